The second-order valence-corrected chi connectivity index (χ2v) is 6.76. The Bertz CT molecular complexity index is 830. The van der Waals surface area contributed by atoms with Gasteiger partial charge in [0.1, 0.15) is 0 Å². The highest BCUT2D eigenvalue weighted by atomic mass is 16.2. The zero-order valence-corrected chi connectivity index (χ0v) is 14.4. The number of anilines is 2. The van der Waals surface area contributed by atoms with Gasteiger partial charge in [0.2, 0.25) is 11.8 Å². The van der Waals surface area contributed by atoms with Crippen molar-refractivity contribution < 1.29 is 9.59 Å². The molecular weight excluding hydrogens is 312 g/mol. The number of benzene rings is 2. The van der Waals surface area contributed by atoms with Crippen LogP contribution < -0.4 is 9.80 Å². The molecule has 2 aliphatic rings. The predicted octanol–water partition coefficient (Wildman–Crippen LogP) is 3.19. The maximum atomic E-state index is 13.0. The van der Waals surface area contributed by atoms with Crippen LogP contribution in [0.1, 0.15) is 24.5 Å². The third-order valence-corrected chi connectivity index (χ3v) is 5.29. The number of amides is 2. The van der Waals surface area contributed by atoms with Crippen LogP contribution >= 0.6 is 0 Å². The largest absolute Gasteiger partial charge is 0.312 e. The predicted molar refractivity (Wildman–Crippen MR) is 98.8 cm³/mol. The maximum Gasteiger partial charge on any atom is 0.232 e. The molecule has 2 aromatic rings. The third kappa shape index (κ3) is 2.72. The molecule has 0 bridgehead atoms. The molecule has 2 amide bonds. The summed E-state index contributed by atoms with van der Waals surface area (Å²) in [6, 6.07) is 16.0. The molecule has 0 aromatic heterocycles. The molecule has 1 saturated heterocycles. The maximum absolute atomic E-state index is 13.0. The number of carbonyl (C=O) groups is 2. The molecule has 2 heterocycles. The van der Waals surface area contributed by atoms with Crippen LogP contribution in [0.3, 0.4) is 0 Å². The van der Waals surface area contributed by atoms with Gasteiger partial charge in [0.15, 0.2) is 0 Å². The molecule has 4 rings (SSSR count). The lowest BCUT2D eigenvalue weighted by Crippen LogP contribution is -2.36. The average molecular weight is 334 g/mol. The summed E-state index contributed by atoms with van der Waals surface area (Å²) in [6.45, 7) is 3.28. The Kier molecular flexibility index (Phi) is 4.04. The second kappa shape index (κ2) is 6.36. The van der Waals surface area contributed by atoms with Crippen molar-refractivity contribution in [3.8, 4) is 0 Å². The molecule has 2 aliphatic heterocycles. The Morgan fingerprint density at radius 3 is 2.60 bits per heavy atom. The van der Waals surface area contributed by atoms with E-state index in [0.29, 0.717) is 19.5 Å². The van der Waals surface area contributed by atoms with Crippen LogP contribution in [0.2, 0.25) is 0 Å². The van der Waals surface area contributed by atoms with Crippen molar-refractivity contribution in [2.24, 2.45) is 5.92 Å². The fourth-order valence-electron chi connectivity index (χ4n) is 3.97. The van der Waals surface area contributed by atoms with E-state index in [1.807, 2.05) is 41.3 Å². The zero-order valence-electron chi connectivity index (χ0n) is 14.4. The minimum absolute atomic E-state index is 0.0479. The highest BCUT2D eigenvalue weighted by Crippen LogP contribution is 2.33. The molecule has 0 aliphatic carbocycles. The monoisotopic (exact) mass is 334 g/mol. The van der Waals surface area contributed by atoms with Gasteiger partial charge in [0.25, 0.3) is 0 Å². The van der Waals surface area contributed by atoms with Crippen LogP contribution in [0.5, 0.6) is 0 Å². The SMILES string of the molecule is CCc1ccccc1N1CC(C(=O)N2CCc3ccccc32)CC1=O. The van der Waals surface area contributed by atoms with Crippen molar-refractivity contribution in [1.29, 1.82) is 0 Å². The molecule has 4 nitrogen and oxygen atoms in total. The number of aryl methyl sites for hydroxylation is 1. The Hall–Kier alpha value is -2.62. The topological polar surface area (TPSA) is 40.6 Å². The first-order valence-corrected chi connectivity index (χ1v) is 8.96. The number of hydrogen-bond donors (Lipinski definition) is 0. The minimum atomic E-state index is -0.261. The second-order valence-electron chi connectivity index (χ2n) is 6.76. The highest BCUT2D eigenvalue weighted by molar-refractivity contribution is 6.05. The molecular formula is C21H22N2O2. The first-order chi connectivity index (χ1) is 12.2. The van der Waals surface area contributed by atoms with E-state index in [-0.39, 0.29) is 17.7 Å². The average Bonchev–Trinajstić information content (AvgIpc) is 3.25. The quantitative estimate of drug-likeness (QED) is 0.865. The number of hydrogen-bond acceptors (Lipinski definition) is 2. The van der Waals surface area contributed by atoms with Crippen LogP contribution in [0.25, 0.3) is 0 Å². The van der Waals surface area contributed by atoms with E-state index in [2.05, 4.69) is 19.1 Å². The molecule has 128 valence electrons. The highest BCUT2D eigenvalue weighted by Gasteiger charge is 2.39. The van der Waals surface area contributed by atoms with Gasteiger partial charge < -0.3 is 9.80 Å². The van der Waals surface area contributed by atoms with E-state index < -0.39 is 0 Å². The van der Waals surface area contributed by atoms with Crippen LogP contribution in [-0.4, -0.2) is 24.9 Å². The summed E-state index contributed by atoms with van der Waals surface area (Å²) in [4.78, 5) is 29.3. The van der Waals surface area contributed by atoms with E-state index in [1.54, 1.807) is 4.90 Å². The Morgan fingerprint density at radius 2 is 1.80 bits per heavy atom. The third-order valence-electron chi connectivity index (χ3n) is 5.29. The summed E-state index contributed by atoms with van der Waals surface area (Å²) in [6.07, 6.45) is 2.07. The van der Waals surface area contributed by atoms with E-state index in [9.17, 15) is 9.59 Å². The van der Waals surface area contributed by atoms with E-state index in [4.69, 9.17) is 0 Å². The summed E-state index contributed by atoms with van der Waals surface area (Å²) >= 11 is 0. The van der Waals surface area contributed by atoms with Crippen molar-refractivity contribution in [1.82, 2.24) is 0 Å². The molecule has 0 saturated carbocycles. The molecule has 1 fully saturated rings. The molecule has 0 spiro atoms. The standard InChI is InChI=1S/C21H22N2O2/c1-2-15-7-3-5-9-18(15)23-14-17(13-20(23)24)21(25)22-12-11-16-8-4-6-10-19(16)22/h3-10,17H,2,11-14H2,1H3. The lowest BCUT2D eigenvalue weighted by molar-refractivity contribution is -0.124. The van der Waals surface area contributed by atoms with Crippen LogP contribution in [0.4, 0.5) is 11.4 Å². The van der Waals surface area contributed by atoms with Gasteiger partial charge in [-0.2, -0.15) is 0 Å². The molecule has 2 aromatic carbocycles. The van der Waals surface area contributed by atoms with Crippen LogP contribution in [0, 0.1) is 5.92 Å². The smallest absolute Gasteiger partial charge is 0.232 e. The normalized spacial score (nSPS) is 19.4. The summed E-state index contributed by atoms with van der Waals surface area (Å²) in [7, 11) is 0. The van der Waals surface area contributed by atoms with Gasteiger partial charge in [-0.25, -0.2) is 0 Å². The molecule has 1 unspecified atom stereocenters. The van der Waals surface area contributed by atoms with Gasteiger partial charge in [-0.1, -0.05) is 43.3 Å². The van der Waals surface area contributed by atoms with Gasteiger partial charge in [-0.3, -0.25) is 9.59 Å². The minimum Gasteiger partial charge on any atom is -0.312 e. The van der Waals surface area contributed by atoms with Crippen molar-refractivity contribution in [2.75, 3.05) is 22.9 Å². The van der Waals surface area contributed by atoms with Crippen molar-refractivity contribution in [3.63, 3.8) is 0 Å². The van der Waals surface area contributed by atoms with Crippen molar-refractivity contribution >= 4 is 23.2 Å². The van der Waals surface area contributed by atoms with Crippen molar-refractivity contribution in [2.45, 2.75) is 26.2 Å². The Morgan fingerprint density at radius 1 is 1.08 bits per heavy atom. The number of carbonyl (C=O) groups excluding carboxylic acids is 2. The Balaban J connectivity index is 1.56. The number of fused-ring (bicyclic) bond motifs is 1. The molecule has 0 N–H and O–H groups in total. The summed E-state index contributed by atoms with van der Waals surface area (Å²) in [5.74, 6) is -0.134. The molecule has 4 heteroatoms. The van der Waals surface area contributed by atoms with E-state index in [1.165, 1.54) is 5.56 Å². The summed E-state index contributed by atoms with van der Waals surface area (Å²) in [5, 5.41) is 0. The molecule has 0 radical (unpaired) electrons. The van der Waals surface area contributed by atoms with Gasteiger partial charge in [0, 0.05) is 30.9 Å². The van der Waals surface area contributed by atoms with Crippen LogP contribution in [0.15, 0.2) is 48.5 Å². The summed E-state index contributed by atoms with van der Waals surface area (Å²) in [5.41, 5.74) is 4.32. The van der Waals surface area contributed by atoms with E-state index >= 15 is 0 Å². The first-order valence-electron chi connectivity index (χ1n) is 8.96. The zero-order chi connectivity index (χ0) is 17.4. The van der Waals surface area contributed by atoms with Gasteiger partial charge in [-0.05, 0) is 36.1 Å². The molecule has 1 atom stereocenters. The lowest BCUT2D eigenvalue weighted by atomic mass is 10.1. The Labute approximate surface area is 148 Å². The number of rotatable bonds is 3. The number of nitrogens with zero attached hydrogens (tertiary/aromatic N) is 2. The van der Waals surface area contributed by atoms with Crippen LogP contribution in [-0.2, 0) is 22.4 Å². The first kappa shape index (κ1) is 15.9. The van der Waals surface area contributed by atoms with Gasteiger partial charge in [0.05, 0.1) is 5.92 Å². The fourth-order valence-corrected chi connectivity index (χ4v) is 3.97. The lowest BCUT2D eigenvalue weighted by Gasteiger charge is -2.22. The van der Waals surface area contributed by atoms with Crippen molar-refractivity contribution in [3.05, 3.63) is 59.7 Å². The fraction of sp³-hybridized carbons (Fsp3) is 0.333. The molecule has 25 heavy (non-hydrogen) atoms. The van der Waals surface area contributed by atoms with Gasteiger partial charge in [-0.15, -0.1) is 0 Å². The van der Waals surface area contributed by atoms with Gasteiger partial charge >= 0.3 is 0 Å². The van der Waals surface area contributed by atoms with E-state index in [0.717, 1.165) is 29.8 Å². The number of para-hydroxylation sites is 2. The summed E-state index contributed by atoms with van der Waals surface area (Å²) < 4.78 is 0.